The molecule has 5 heteroatoms. The van der Waals surface area contributed by atoms with E-state index in [2.05, 4.69) is 27.4 Å². The number of nitrogens with zero attached hydrogens (tertiary/aromatic N) is 4. The first-order valence-corrected chi connectivity index (χ1v) is 9.45. The molecular formula is C20H26N4O. The Morgan fingerprint density at radius 3 is 2.80 bits per heavy atom. The molecule has 0 aromatic carbocycles. The maximum absolute atomic E-state index is 13.0. The number of aromatic nitrogens is 3. The Labute approximate surface area is 149 Å². The molecule has 0 N–H and O–H groups in total. The predicted octanol–water partition coefficient (Wildman–Crippen LogP) is 3.49. The number of rotatable bonds is 4. The number of imidazole rings is 1. The van der Waals surface area contributed by atoms with Gasteiger partial charge in [-0.25, -0.2) is 4.98 Å². The lowest BCUT2D eigenvalue weighted by Gasteiger charge is -2.28. The summed E-state index contributed by atoms with van der Waals surface area (Å²) < 4.78 is 2.25. The minimum Gasteiger partial charge on any atom is -0.332 e. The van der Waals surface area contributed by atoms with Crippen LogP contribution in [0.3, 0.4) is 0 Å². The molecule has 1 unspecified atom stereocenters. The van der Waals surface area contributed by atoms with Gasteiger partial charge in [-0.05, 0) is 44.2 Å². The predicted molar refractivity (Wildman–Crippen MR) is 95.9 cm³/mol. The first-order chi connectivity index (χ1) is 12.2. The number of pyridine rings is 1. The highest BCUT2D eigenvalue weighted by atomic mass is 16.2. The number of carbonyl (C=O) groups excluding carboxylic acids is 1. The van der Waals surface area contributed by atoms with Crippen LogP contribution >= 0.6 is 0 Å². The van der Waals surface area contributed by atoms with Gasteiger partial charge in [-0.2, -0.15) is 0 Å². The molecule has 4 rings (SSSR count). The van der Waals surface area contributed by atoms with Crippen LogP contribution in [0.2, 0.25) is 0 Å². The summed E-state index contributed by atoms with van der Waals surface area (Å²) in [5, 5.41) is 0. The van der Waals surface area contributed by atoms with Gasteiger partial charge in [0, 0.05) is 36.7 Å². The molecule has 2 aromatic heterocycles. The highest BCUT2D eigenvalue weighted by Crippen LogP contribution is 2.36. The zero-order valence-corrected chi connectivity index (χ0v) is 14.9. The van der Waals surface area contributed by atoms with E-state index in [1.807, 2.05) is 18.5 Å². The first-order valence-electron chi connectivity index (χ1n) is 9.45. The van der Waals surface area contributed by atoms with Crippen molar-refractivity contribution in [2.45, 2.75) is 58.0 Å². The Bertz CT molecular complexity index is 733. The van der Waals surface area contributed by atoms with E-state index in [1.165, 1.54) is 12.8 Å². The normalized spacial score (nSPS) is 21.2. The third-order valence-corrected chi connectivity index (χ3v) is 5.69. The monoisotopic (exact) mass is 338 g/mol. The van der Waals surface area contributed by atoms with Crippen LogP contribution in [-0.4, -0.2) is 31.9 Å². The molecule has 132 valence electrons. The van der Waals surface area contributed by atoms with Gasteiger partial charge in [-0.15, -0.1) is 0 Å². The number of amides is 1. The van der Waals surface area contributed by atoms with E-state index in [1.54, 1.807) is 6.20 Å². The number of likely N-dealkylation sites (tertiary alicyclic amines) is 1. The van der Waals surface area contributed by atoms with E-state index in [4.69, 9.17) is 4.98 Å². The van der Waals surface area contributed by atoms with Gasteiger partial charge in [-0.1, -0.05) is 18.9 Å². The average Bonchev–Trinajstić information content (AvgIpc) is 3.37. The third kappa shape index (κ3) is 3.20. The number of carbonyl (C=O) groups is 1. The highest BCUT2D eigenvalue weighted by molar-refractivity contribution is 5.79. The summed E-state index contributed by atoms with van der Waals surface area (Å²) in [6.45, 7) is 3.72. The summed E-state index contributed by atoms with van der Waals surface area (Å²) in [4.78, 5) is 24.0. The molecule has 0 bridgehead atoms. The Hall–Kier alpha value is -2.17. The van der Waals surface area contributed by atoms with Gasteiger partial charge in [0.1, 0.15) is 5.82 Å². The summed E-state index contributed by atoms with van der Waals surface area (Å²) in [5.41, 5.74) is 2.30. The molecule has 1 saturated carbocycles. The Morgan fingerprint density at radius 2 is 2.04 bits per heavy atom. The summed E-state index contributed by atoms with van der Waals surface area (Å²) in [5.74, 6) is 1.63. The van der Waals surface area contributed by atoms with Crippen LogP contribution < -0.4 is 0 Å². The maximum Gasteiger partial charge on any atom is 0.226 e. The molecule has 2 aliphatic rings. The standard InChI is InChI=1S/C20H26N4O/c1-15-12-22-19(24(15)14-16-6-4-10-21-13-16)18-9-5-11-23(18)20(25)17-7-2-3-8-17/h4,6,10,12-13,17-18H,2-3,5,7-9,11,14H2,1H3. The molecule has 5 nitrogen and oxygen atoms in total. The molecule has 3 heterocycles. The molecule has 25 heavy (non-hydrogen) atoms. The zero-order valence-electron chi connectivity index (χ0n) is 14.9. The number of hydrogen-bond acceptors (Lipinski definition) is 3. The molecule has 0 spiro atoms. The highest BCUT2D eigenvalue weighted by Gasteiger charge is 2.37. The van der Waals surface area contributed by atoms with Gasteiger partial charge in [0.15, 0.2) is 0 Å². The molecule has 2 aromatic rings. The molecule has 1 saturated heterocycles. The van der Waals surface area contributed by atoms with Crippen molar-refractivity contribution in [3.63, 3.8) is 0 Å². The van der Waals surface area contributed by atoms with Crippen LogP contribution in [0.15, 0.2) is 30.7 Å². The summed E-state index contributed by atoms with van der Waals surface area (Å²) in [6, 6.07) is 4.18. The van der Waals surface area contributed by atoms with Crippen LogP contribution in [-0.2, 0) is 11.3 Å². The second kappa shape index (κ2) is 6.98. The first kappa shape index (κ1) is 16.3. The fraction of sp³-hybridized carbons (Fsp3) is 0.550. The molecule has 1 amide bonds. The Morgan fingerprint density at radius 1 is 1.20 bits per heavy atom. The molecule has 1 aliphatic carbocycles. The molecule has 2 fully saturated rings. The average molecular weight is 338 g/mol. The van der Waals surface area contributed by atoms with Crippen molar-refractivity contribution < 1.29 is 4.79 Å². The molecule has 0 radical (unpaired) electrons. The van der Waals surface area contributed by atoms with Crippen LogP contribution in [0, 0.1) is 12.8 Å². The van der Waals surface area contributed by atoms with Gasteiger partial charge in [-0.3, -0.25) is 9.78 Å². The van der Waals surface area contributed by atoms with Crippen LogP contribution in [0.25, 0.3) is 0 Å². The SMILES string of the molecule is Cc1cnc(C2CCCN2C(=O)C2CCCC2)n1Cc1cccnc1. The third-order valence-electron chi connectivity index (χ3n) is 5.69. The zero-order chi connectivity index (χ0) is 17.2. The van der Waals surface area contributed by atoms with Crippen molar-refractivity contribution >= 4 is 5.91 Å². The van der Waals surface area contributed by atoms with Crippen molar-refractivity contribution in [1.29, 1.82) is 0 Å². The van der Waals surface area contributed by atoms with Gasteiger partial charge in [0.2, 0.25) is 5.91 Å². The van der Waals surface area contributed by atoms with E-state index in [0.717, 1.165) is 55.9 Å². The number of hydrogen-bond donors (Lipinski definition) is 0. The van der Waals surface area contributed by atoms with Crippen LogP contribution in [0.4, 0.5) is 0 Å². The number of aryl methyl sites for hydroxylation is 1. The fourth-order valence-electron chi connectivity index (χ4n) is 4.33. The van der Waals surface area contributed by atoms with E-state index < -0.39 is 0 Å². The Kier molecular flexibility index (Phi) is 4.55. The lowest BCUT2D eigenvalue weighted by atomic mass is 10.1. The summed E-state index contributed by atoms with van der Waals surface area (Å²) in [7, 11) is 0. The smallest absolute Gasteiger partial charge is 0.226 e. The second-order valence-corrected chi connectivity index (χ2v) is 7.38. The summed E-state index contributed by atoms with van der Waals surface area (Å²) in [6.07, 6.45) is 12.2. The minimum atomic E-state index is 0.124. The van der Waals surface area contributed by atoms with E-state index in [9.17, 15) is 4.79 Å². The van der Waals surface area contributed by atoms with E-state index in [0.29, 0.717) is 5.91 Å². The van der Waals surface area contributed by atoms with Crippen molar-refractivity contribution in [2.75, 3.05) is 6.54 Å². The van der Waals surface area contributed by atoms with E-state index in [-0.39, 0.29) is 12.0 Å². The largest absolute Gasteiger partial charge is 0.332 e. The summed E-state index contributed by atoms with van der Waals surface area (Å²) >= 11 is 0. The Balaban J connectivity index is 1.59. The lowest BCUT2D eigenvalue weighted by molar-refractivity contribution is -0.136. The van der Waals surface area contributed by atoms with Gasteiger partial charge < -0.3 is 9.47 Å². The second-order valence-electron chi connectivity index (χ2n) is 7.38. The topological polar surface area (TPSA) is 51.0 Å². The molecule has 1 aliphatic heterocycles. The van der Waals surface area contributed by atoms with Crippen molar-refractivity contribution in [3.05, 3.63) is 47.8 Å². The van der Waals surface area contributed by atoms with Crippen molar-refractivity contribution in [1.82, 2.24) is 19.4 Å². The lowest BCUT2D eigenvalue weighted by Crippen LogP contribution is -2.36. The van der Waals surface area contributed by atoms with Gasteiger partial charge in [0.05, 0.1) is 12.6 Å². The quantitative estimate of drug-likeness (QED) is 0.857. The van der Waals surface area contributed by atoms with Crippen LogP contribution in [0.1, 0.15) is 61.6 Å². The van der Waals surface area contributed by atoms with E-state index >= 15 is 0 Å². The minimum absolute atomic E-state index is 0.124. The molecular weight excluding hydrogens is 312 g/mol. The van der Waals surface area contributed by atoms with Crippen LogP contribution in [0.5, 0.6) is 0 Å². The van der Waals surface area contributed by atoms with Crippen molar-refractivity contribution in [3.8, 4) is 0 Å². The van der Waals surface area contributed by atoms with Crippen molar-refractivity contribution in [2.24, 2.45) is 5.92 Å². The fourth-order valence-corrected chi connectivity index (χ4v) is 4.33. The van der Waals surface area contributed by atoms with Gasteiger partial charge >= 0.3 is 0 Å². The maximum atomic E-state index is 13.0. The molecule has 1 atom stereocenters. The van der Waals surface area contributed by atoms with Gasteiger partial charge in [0.25, 0.3) is 0 Å².